The van der Waals surface area contributed by atoms with E-state index in [0.29, 0.717) is 12.2 Å². The van der Waals surface area contributed by atoms with E-state index in [4.69, 9.17) is 4.74 Å². The number of ether oxygens (including phenoxy) is 1. The minimum atomic E-state index is -1.04. The molecule has 2 bridgehead atoms. The molecular weight excluding hydrogens is 614 g/mol. The summed E-state index contributed by atoms with van der Waals surface area (Å²) in [7, 11) is 0. The molecule has 0 aromatic heterocycles. The molecule has 2 aromatic carbocycles. The van der Waals surface area contributed by atoms with Crippen LogP contribution in [0.2, 0.25) is 0 Å². The minimum absolute atomic E-state index is 0.0118. The fraction of sp³-hybridized carbons (Fsp3) is 0.472. The normalized spacial score (nSPS) is 26.0. The zero-order valence-corrected chi connectivity index (χ0v) is 28.0. The maximum atomic E-state index is 13.8. The molecule has 3 heterocycles. The predicted octanol–water partition coefficient (Wildman–Crippen LogP) is 1.71. The monoisotopic (exact) mass is 661 g/mol. The van der Waals surface area contributed by atoms with E-state index in [1.165, 1.54) is 11.0 Å². The van der Waals surface area contributed by atoms with Gasteiger partial charge in [-0.15, -0.1) is 0 Å². The van der Waals surface area contributed by atoms with Crippen molar-refractivity contribution in [1.29, 1.82) is 0 Å². The SMILES string of the molecule is CC[C@@H]1NC(=O)[C@@H](NC(=O)C=Cc2ccccc2)Cc2ccc(cc2)OC[C@H](CC(C)C)NC(=O)[C@@H](C)NC(=O)[C@@H]2C[C@@H](O)CN2C1=O. The van der Waals surface area contributed by atoms with Gasteiger partial charge in [-0.1, -0.05) is 63.2 Å². The third kappa shape index (κ3) is 10.1. The van der Waals surface area contributed by atoms with E-state index >= 15 is 0 Å². The molecule has 12 nitrogen and oxygen atoms in total. The molecule has 48 heavy (non-hydrogen) atoms. The fourth-order valence-electron chi connectivity index (χ4n) is 5.88. The highest BCUT2D eigenvalue weighted by Crippen LogP contribution is 2.21. The number of nitrogens with zero attached hydrogens (tertiary/aromatic N) is 1. The number of amides is 5. The van der Waals surface area contributed by atoms with Crippen molar-refractivity contribution in [3.63, 3.8) is 0 Å². The first kappa shape index (κ1) is 36.1. The number of fused-ring (bicyclic) bond motifs is 14. The Morgan fingerprint density at radius 1 is 1.00 bits per heavy atom. The van der Waals surface area contributed by atoms with E-state index in [0.717, 1.165) is 11.1 Å². The van der Waals surface area contributed by atoms with E-state index in [9.17, 15) is 29.1 Å². The lowest BCUT2D eigenvalue weighted by atomic mass is 10.0. The maximum absolute atomic E-state index is 13.8. The fourth-order valence-corrected chi connectivity index (χ4v) is 5.88. The molecule has 3 aliphatic heterocycles. The highest BCUT2D eigenvalue weighted by molar-refractivity contribution is 5.98. The summed E-state index contributed by atoms with van der Waals surface area (Å²) in [5.41, 5.74) is 1.56. The van der Waals surface area contributed by atoms with Crippen molar-refractivity contribution in [1.82, 2.24) is 26.2 Å². The van der Waals surface area contributed by atoms with Crippen molar-refractivity contribution in [2.75, 3.05) is 13.2 Å². The molecule has 6 atom stereocenters. The molecule has 0 unspecified atom stereocenters. The Morgan fingerprint density at radius 3 is 2.38 bits per heavy atom. The summed E-state index contributed by atoms with van der Waals surface area (Å²) in [5.74, 6) is -1.77. The Kier molecular flexibility index (Phi) is 12.7. The number of aliphatic hydroxyl groups is 1. The van der Waals surface area contributed by atoms with Crippen LogP contribution in [0, 0.1) is 5.92 Å². The first-order valence-electron chi connectivity index (χ1n) is 16.6. The van der Waals surface area contributed by atoms with E-state index in [1.807, 2.05) is 44.2 Å². The molecule has 258 valence electrons. The van der Waals surface area contributed by atoms with Gasteiger partial charge in [-0.2, -0.15) is 0 Å². The molecule has 0 spiro atoms. The van der Waals surface area contributed by atoms with E-state index in [-0.39, 0.29) is 44.4 Å². The van der Waals surface area contributed by atoms with E-state index in [2.05, 4.69) is 21.3 Å². The summed E-state index contributed by atoms with van der Waals surface area (Å²) in [6.45, 7) is 7.43. The van der Waals surface area contributed by atoms with Gasteiger partial charge in [0.2, 0.25) is 29.5 Å². The lowest BCUT2D eigenvalue weighted by Gasteiger charge is -2.30. The Balaban J connectivity index is 1.63. The van der Waals surface area contributed by atoms with Crippen molar-refractivity contribution >= 4 is 35.6 Å². The van der Waals surface area contributed by atoms with Crippen LogP contribution in [0.15, 0.2) is 60.7 Å². The highest BCUT2D eigenvalue weighted by Gasteiger charge is 2.42. The van der Waals surface area contributed by atoms with Gasteiger partial charge in [-0.05, 0) is 55.0 Å². The van der Waals surface area contributed by atoms with Crippen molar-refractivity contribution < 1.29 is 33.8 Å². The van der Waals surface area contributed by atoms with Crippen molar-refractivity contribution in [2.45, 2.75) is 89.7 Å². The highest BCUT2D eigenvalue weighted by atomic mass is 16.5. The predicted molar refractivity (Wildman–Crippen MR) is 180 cm³/mol. The third-order valence-corrected chi connectivity index (χ3v) is 8.42. The van der Waals surface area contributed by atoms with Crippen LogP contribution in [-0.2, 0) is 30.4 Å². The molecule has 0 saturated carbocycles. The van der Waals surface area contributed by atoms with Crippen LogP contribution >= 0.6 is 0 Å². The summed E-state index contributed by atoms with van der Waals surface area (Å²) >= 11 is 0. The number of hydrogen-bond acceptors (Lipinski definition) is 7. The standard InChI is InChI=1S/C36H47N5O7/c1-5-29-36(47)41-20-27(42)19-31(41)35(46)37-23(4)33(44)38-26(17-22(2)3)21-48-28-14-11-25(12-15-28)18-30(34(45)40-29)39-32(43)16-13-24-9-7-6-8-10-24/h6-16,22-23,26-27,29-31,42H,5,17-21H2,1-4H3,(H,37,46)(H,38,44)(H,39,43)(H,40,45)/t23-,26+,27-,29+,30+,31+/m1/s1. The van der Waals surface area contributed by atoms with Crippen molar-refractivity contribution in [2.24, 2.45) is 5.92 Å². The maximum Gasteiger partial charge on any atom is 0.245 e. The van der Waals surface area contributed by atoms with Crippen LogP contribution in [0.5, 0.6) is 5.75 Å². The molecule has 1 fully saturated rings. The van der Waals surface area contributed by atoms with Gasteiger partial charge in [0.05, 0.1) is 12.1 Å². The van der Waals surface area contributed by atoms with Crippen molar-refractivity contribution in [3.8, 4) is 5.75 Å². The molecule has 0 aliphatic carbocycles. The Labute approximate surface area is 281 Å². The first-order chi connectivity index (χ1) is 22.9. The van der Waals surface area contributed by atoms with E-state index in [1.54, 1.807) is 44.2 Å². The number of benzene rings is 2. The second-order valence-electron chi connectivity index (χ2n) is 12.9. The zero-order valence-electron chi connectivity index (χ0n) is 28.0. The van der Waals surface area contributed by atoms with E-state index < -0.39 is 59.8 Å². The second kappa shape index (κ2) is 16.9. The van der Waals surface area contributed by atoms with Gasteiger partial charge in [0.15, 0.2) is 0 Å². The Bertz CT molecular complexity index is 1460. The van der Waals surface area contributed by atoms with Gasteiger partial charge in [0, 0.05) is 25.5 Å². The number of carbonyl (C=O) groups is 5. The molecule has 5 N–H and O–H groups in total. The molecule has 0 radical (unpaired) electrons. The second-order valence-corrected chi connectivity index (χ2v) is 12.9. The summed E-state index contributed by atoms with van der Waals surface area (Å²) in [4.78, 5) is 68.3. The summed E-state index contributed by atoms with van der Waals surface area (Å²) in [6.07, 6.45) is 2.98. The van der Waals surface area contributed by atoms with Gasteiger partial charge in [-0.3, -0.25) is 24.0 Å². The van der Waals surface area contributed by atoms with Crippen LogP contribution in [0.4, 0.5) is 0 Å². The van der Waals surface area contributed by atoms with Gasteiger partial charge < -0.3 is 36.0 Å². The van der Waals surface area contributed by atoms with Crippen LogP contribution in [0.1, 0.15) is 58.1 Å². The number of hydrogen-bond donors (Lipinski definition) is 5. The third-order valence-electron chi connectivity index (χ3n) is 8.42. The smallest absolute Gasteiger partial charge is 0.245 e. The summed E-state index contributed by atoms with van der Waals surface area (Å²) in [5, 5.41) is 21.7. The molecule has 12 heteroatoms. The Morgan fingerprint density at radius 2 is 1.71 bits per heavy atom. The molecule has 3 aliphatic rings. The minimum Gasteiger partial charge on any atom is -0.491 e. The molecule has 5 amide bonds. The average molecular weight is 662 g/mol. The van der Waals surface area contributed by atoms with Crippen LogP contribution < -0.4 is 26.0 Å². The lowest BCUT2D eigenvalue weighted by molar-refractivity contribution is -0.142. The summed E-state index contributed by atoms with van der Waals surface area (Å²) in [6, 6.07) is 12.0. The van der Waals surface area contributed by atoms with Gasteiger partial charge in [0.25, 0.3) is 0 Å². The number of carbonyl (C=O) groups excluding carboxylic acids is 5. The van der Waals surface area contributed by atoms with Gasteiger partial charge in [-0.25, -0.2) is 0 Å². The number of aliphatic hydroxyl groups excluding tert-OH is 1. The first-order valence-corrected chi connectivity index (χ1v) is 16.6. The molecular formula is C36H47N5O7. The average Bonchev–Trinajstić information content (AvgIpc) is 3.46. The quantitative estimate of drug-likeness (QED) is 0.232. The van der Waals surface area contributed by atoms with Crippen molar-refractivity contribution in [3.05, 3.63) is 71.8 Å². The molecule has 5 rings (SSSR count). The zero-order chi connectivity index (χ0) is 34.8. The lowest BCUT2D eigenvalue weighted by Crippen LogP contribution is -2.58. The van der Waals surface area contributed by atoms with Crippen LogP contribution in [0.25, 0.3) is 6.08 Å². The molecule has 1 saturated heterocycles. The van der Waals surface area contributed by atoms with Crippen LogP contribution in [-0.4, -0.2) is 89.0 Å². The number of nitrogens with one attached hydrogen (secondary N) is 4. The largest absolute Gasteiger partial charge is 0.491 e. The summed E-state index contributed by atoms with van der Waals surface area (Å²) < 4.78 is 6.02. The Hall–Kier alpha value is -4.71. The van der Waals surface area contributed by atoms with Gasteiger partial charge >= 0.3 is 0 Å². The topological polar surface area (TPSA) is 166 Å². The van der Waals surface area contributed by atoms with Gasteiger partial charge in [0.1, 0.15) is 36.5 Å². The molecule has 2 aromatic rings. The van der Waals surface area contributed by atoms with Crippen LogP contribution in [0.3, 0.4) is 0 Å². The number of rotatable bonds is 6.